The van der Waals surface area contributed by atoms with Gasteiger partial charge in [0.25, 0.3) is 23.6 Å². The quantitative estimate of drug-likeness (QED) is 0.0261. The van der Waals surface area contributed by atoms with E-state index in [0.717, 1.165) is 123 Å². The normalized spacial score (nSPS) is 13.6. The standard InChI is InChI=1S/C25H29N3O4.C23H28N2O4.C22H27N3O4.C20H14N4OS/c1-3-30-22-11-8-16(14-23(22)31-4-2)25-26-24(27-32-25)20-7-5-6-19-18(20)9-10-21(19)28-13-12-17(29)15-28;1-4-27-20-12-10-18(15-21(20)28-5-2)23-24-22(25-29-23)19-11-9-17(14-16(19)3)8-6-7-13-26;1-4-27-19-10-9-16(13-20(19)28-5-2)22-24-21(25-29-22)18-8-6-7-17(15(18)3)14-23-11-12-26;1-12-15(13-6-3-2-4-7-13)10-17(26-12)20-23-19(24-25-20)14-8-5-9-16-18(14)22-11-21-16/h5-8,11,14,17,21,29H,3-4,9-10,12-13,15H2,1-2H3;9-12,14-15,26H,4-8,13H2,1-3H3;6-10,13,23,26H,4-5,11-12,14H2,1-3H3;2-11H,1H3,(H,21,22)/t17-,21?;;;/m1.../s1. The average Bonchev–Trinajstić information content (AvgIpc) is 1.62. The van der Waals surface area contributed by atoms with Crippen LogP contribution in [-0.2, 0) is 19.4 Å². The fourth-order valence-corrected chi connectivity index (χ4v) is 15.2. The number of benzene rings is 8. The Hall–Kier alpha value is -11.9. The molecule has 8 aromatic carbocycles. The molecule has 2 atom stereocenters. The van der Waals surface area contributed by atoms with Gasteiger partial charge in [-0.05, 0) is 218 Å². The molecule has 1 aliphatic carbocycles. The van der Waals surface area contributed by atoms with Crippen LogP contribution in [0, 0.1) is 20.8 Å². The summed E-state index contributed by atoms with van der Waals surface area (Å²) in [5, 5.41) is 47.9. The van der Waals surface area contributed by atoms with Crippen molar-refractivity contribution in [1.82, 2.24) is 60.7 Å². The Kier molecular flexibility index (Phi) is 28.2. The number of aliphatic hydroxyl groups excluding tert-OH is 3. The number of aliphatic hydroxyl groups is 3. The van der Waals surface area contributed by atoms with Gasteiger partial charge >= 0.3 is 0 Å². The summed E-state index contributed by atoms with van der Waals surface area (Å²) in [5.74, 6) is 8.18. The third-order valence-electron chi connectivity index (χ3n) is 19.8. The van der Waals surface area contributed by atoms with E-state index < -0.39 is 0 Å². The van der Waals surface area contributed by atoms with Gasteiger partial charge in [0.05, 0.1) is 80.2 Å². The predicted molar refractivity (Wildman–Crippen MR) is 447 cm³/mol. The number of fused-ring (bicyclic) bond motifs is 2. The molecule has 0 bridgehead atoms. The number of thiophene rings is 1. The average molecular weight is 1590 g/mol. The summed E-state index contributed by atoms with van der Waals surface area (Å²) in [6.07, 6.45) is 7.09. The van der Waals surface area contributed by atoms with Crippen molar-refractivity contribution in [2.24, 2.45) is 0 Å². The van der Waals surface area contributed by atoms with Crippen molar-refractivity contribution >= 4 is 22.4 Å². The molecular weight excluding hydrogens is 1490 g/mol. The lowest BCUT2D eigenvalue weighted by Gasteiger charge is -2.24. The maximum atomic E-state index is 9.96. The highest BCUT2D eigenvalue weighted by molar-refractivity contribution is 7.15. The van der Waals surface area contributed by atoms with Gasteiger partial charge < -0.3 is 72.1 Å². The van der Waals surface area contributed by atoms with Gasteiger partial charge in [0.2, 0.25) is 23.3 Å². The molecule has 1 saturated heterocycles. The van der Waals surface area contributed by atoms with Gasteiger partial charge in [0, 0.05) is 77.1 Å². The van der Waals surface area contributed by atoms with E-state index in [1.807, 2.05) is 171 Å². The van der Waals surface area contributed by atoms with Crippen molar-refractivity contribution < 1.29 is 61.8 Å². The van der Waals surface area contributed by atoms with Crippen LogP contribution in [0.2, 0.25) is 0 Å². The summed E-state index contributed by atoms with van der Waals surface area (Å²) in [6.45, 7) is 24.4. The molecule has 16 rings (SSSR count). The third-order valence-corrected chi connectivity index (χ3v) is 20.8. The number of unbranched alkanes of at least 4 members (excludes halogenated alkanes) is 1. The van der Waals surface area contributed by atoms with Crippen molar-refractivity contribution in [1.29, 1.82) is 0 Å². The Morgan fingerprint density at radius 2 is 1.03 bits per heavy atom. The minimum absolute atomic E-state index is 0.110. The second kappa shape index (κ2) is 39.9. The van der Waals surface area contributed by atoms with Crippen LogP contribution in [0.25, 0.3) is 113 Å². The number of likely N-dealkylation sites (tertiary alicyclic amines) is 1. The number of aryl methyl sites for hydroxylation is 3. The molecule has 1 fully saturated rings. The SMILES string of the molecule is CCOc1ccc(-c2nc(-c3ccc(CCCCO)cc3C)no2)cc1OCC.CCOc1ccc(-c2nc(-c3cccc(CNCCO)c3C)no2)cc1OCC.CCOc1ccc(-c2nc(-c3cccc4c3CCC4N3CC[C@@H](O)C3)no2)cc1OCC.Cc1sc(-c2nc(-c3cccc4[nH]cnc34)no2)cc1-c1ccccc1. The zero-order valence-corrected chi connectivity index (χ0v) is 67.7. The van der Waals surface area contributed by atoms with Gasteiger partial charge in [0.15, 0.2) is 34.5 Å². The van der Waals surface area contributed by atoms with E-state index >= 15 is 0 Å². The molecule has 6 aromatic heterocycles. The summed E-state index contributed by atoms with van der Waals surface area (Å²) in [6, 6.07) is 54.1. The van der Waals surface area contributed by atoms with E-state index in [9.17, 15) is 5.11 Å². The first-order valence-corrected chi connectivity index (χ1v) is 40.4. The van der Waals surface area contributed by atoms with Crippen LogP contribution >= 0.6 is 11.3 Å². The number of aromatic amines is 1. The van der Waals surface area contributed by atoms with Crippen LogP contribution in [0.4, 0.5) is 0 Å². The molecule has 2 aliphatic rings. The molecular formula is C90H98N12O13S. The number of para-hydroxylation sites is 1. The van der Waals surface area contributed by atoms with Gasteiger partial charge in [0.1, 0.15) is 0 Å². The Balaban J connectivity index is 0.000000135. The molecule has 5 N–H and O–H groups in total. The molecule has 14 aromatic rings. The molecule has 0 spiro atoms. The Bertz CT molecular complexity index is 5520. The van der Waals surface area contributed by atoms with Crippen LogP contribution in [0.3, 0.4) is 0 Å². The van der Waals surface area contributed by atoms with Crippen LogP contribution < -0.4 is 33.7 Å². The minimum atomic E-state index is -0.210. The number of rotatable bonds is 30. The van der Waals surface area contributed by atoms with Crippen molar-refractivity contribution in [2.75, 3.05) is 72.5 Å². The minimum Gasteiger partial charge on any atom is -0.490 e. The largest absolute Gasteiger partial charge is 0.490 e. The van der Waals surface area contributed by atoms with E-state index in [0.29, 0.717) is 140 Å². The van der Waals surface area contributed by atoms with Gasteiger partial charge in [-0.25, -0.2) is 4.98 Å². The Morgan fingerprint density at radius 3 is 1.60 bits per heavy atom. The summed E-state index contributed by atoms with van der Waals surface area (Å²) in [5.41, 5.74) is 17.4. The maximum absolute atomic E-state index is 9.96. The molecule has 0 amide bonds. The van der Waals surface area contributed by atoms with Crippen LogP contribution in [0.15, 0.2) is 188 Å². The second-order valence-electron chi connectivity index (χ2n) is 27.5. The van der Waals surface area contributed by atoms with E-state index in [4.69, 9.17) is 61.7 Å². The monoisotopic (exact) mass is 1590 g/mol. The molecule has 0 saturated carbocycles. The molecule has 0 radical (unpaired) electrons. The lowest BCUT2D eigenvalue weighted by atomic mass is 10.0. The molecule has 1 unspecified atom stereocenters. The third kappa shape index (κ3) is 19.7. The fourth-order valence-electron chi connectivity index (χ4n) is 14.2. The van der Waals surface area contributed by atoms with Crippen LogP contribution in [0.5, 0.6) is 34.5 Å². The number of nitrogens with zero attached hydrogens (tertiary/aromatic N) is 10. The van der Waals surface area contributed by atoms with Crippen molar-refractivity contribution in [3.8, 4) is 136 Å². The first kappa shape index (κ1) is 82.1. The van der Waals surface area contributed by atoms with Gasteiger partial charge in [-0.3, -0.25) is 4.90 Å². The zero-order valence-electron chi connectivity index (χ0n) is 66.9. The summed E-state index contributed by atoms with van der Waals surface area (Å²) >= 11 is 1.66. The first-order chi connectivity index (χ1) is 56.8. The van der Waals surface area contributed by atoms with Gasteiger partial charge in [-0.1, -0.05) is 112 Å². The number of hydrogen-bond donors (Lipinski definition) is 5. The topological polar surface area (TPSA) is 316 Å². The number of β-amino-alcohol motifs (C(OH)–C–C–N with tert-alkyl or cyclic N) is 1. The molecule has 7 heterocycles. The fraction of sp³-hybridized carbons (Fsp3) is 0.322. The van der Waals surface area contributed by atoms with Gasteiger partial charge in [-0.2, -0.15) is 19.9 Å². The number of imidazole rings is 1. The number of hydrogen-bond acceptors (Lipinski definition) is 25. The number of nitrogens with one attached hydrogen (secondary N) is 2. The molecule has 26 heteroatoms. The molecule has 602 valence electrons. The van der Waals surface area contributed by atoms with E-state index in [-0.39, 0.29) is 19.3 Å². The Morgan fingerprint density at radius 1 is 0.500 bits per heavy atom. The summed E-state index contributed by atoms with van der Waals surface area (Å²) in [7, 11) is 0. The van der Waals surface area contributed by atoms with Crippen molar-refractivity contribution in [2.45, 2.75) is 120 Å². The van der Waals surface area contributed by atoms with Gasteiger partial charge in [-0.15, -0.1) is 11.3 Å². The molecule has 116 heavy (non-hydrogen) atoms. The second-order valence-corrected chi connectivity index (χ2v) is 28.8. The lowest BCUT2D eigenvalue weighted by molar-refractivity contribution is 0.159. The van der Waals surface area contributed by atoms with Crippen LogP contribution in [-0.4, -0.2) is 149 Å². The summed E-state index contributed by atoms with van der Waals surface area (Å²) < 4.78 is 56.2. The number of ether oxygens (including phenoxy) is 6. The molecule has 1 aliphatic heterocycles. The lowest BCUT2D eigenvalue weighted by Crippen LogP contribution is -2.26. The van der Waals surface area contributed by atoms with E-state index in [2.05, 4.69) is 111 Å². The van der Waals surface area contributed by atoms with Crippen molar-refractivity contribution in [3.63, 3.8) is 0 Å². The zero-order chi connectivity index (χ0) is 80.9. The highest BCUT2D eigenvalue weighted by Gasteiger charge is 2.35. The molecule has 25 nitrogen and oxygen atoms in total. The number of aromatic nitrogens is 10. The highest BCUT2D eigenvalue weighted by Crippen LogP contribution is 2.44. The highest BCUT2D eigenvalue weighted by atomic mass is 32.1. The smallest absolute Gasteiger partial charge is 0.268 e. The first-order valence-electron chi connectivity index (χ1n) is 39.6. The Labute approximate surface area is 678 Å². The maximum Gasteiger partial charge on any atom is 0.268 e. The van der Waals surface area contributed by atoms with E-state index in [1.54, 1.807) is 17.7 Å². The predicted octanol–water partition coefficient (Wildman–Crippen LogP) is 18.0. The van der Waals surface area contributed by atoms with Crippen LogP contribution in [0.1, 0.15) is 112 Å². The summed E-state index contributed by atoms with van der Waals surface area (Å²) in [4.78, 5) is 30.5. The van der Waals surface area contributed by atoms with E-state index in [1.165, 1.54) is 32.7 Å². The number of H-pyrrole nitrogens is 1. The van der Waals surface area contributed by atoms with Crippen molar-refractivity contribution in [3.05, 3.63) is 208 Å².